The summed E-state index contributed by atoms with van der Waals surface area (Å²) in [5, 5.41) is 26.8. The molecule has 0 fully saturated rings. The molecule has 0 aliphatic heterocycles. The van der Waals surface area contributed by atoms with Gasteiger partial charge in [-0.05, 0) is 0 Å². The first-order valence-electron chi connectivity index (χ1n) is 6.07. The number of hydrogen-bond acceptors (Lipinski definition) is 10. The molecule has 1 unspecified atom stereocenters. The molecule has 0 saturated heterocycles. The summed E-state index contributed by atoms with van der Waals surface area (Å²) >= 11 is 0.472. The average molecular weight is 415 g/mol. The van der Waals surface area contributed by atoms with Gasteiger partial charge in [0.2, 0.25) is 0 Å². The molecule has 0 aliphatic carbocycles. The fraction of sp³-hybridized carbons (Fsp3) is 1.00. The van der Waals surface area contributed by atoms with E-state index < -0.39 is 15.3 Å². The minimum Gasteiger partial charge on any atom is -0.271 e. The number of hydrogen-bond donors (Lipinski definition) is 0. The summed E-state index contributed by atoms with van der Waals surface area (Å²) in [6.07, 6.45) is 0. The zero-order valence-corrected chi connectivity index (χ0v) is 16.6. The molecule has 0 radical (unpaired) electrons. The Hall–Kier alpha value is 0.233. The monoisotopic (exact) mass is 414 g/mol. The maximum absolute atomic E-state index is 9.92. The van der Waals surface area contributed by atoms with Crippen LogP contribution < -0.4 is 0 Å². The Balaban J connectivity index is -0.000000920. The molecule has 17 heteroatoms. The summed E-state index contributed by atoms with van der Waals surface area (Å²) in [5.41, 5.74) is 0. The van der Waals surface area contributed by atoms with E-state index in [-0.39, 0.29) is 77.2 Å². The van der Waals surface area contributed by atoms with Crippen LogP contribution in [0.5, 0.6) is 0 Å². The topological polar surface area (TPSA) is 160 Å². The van der Waals surface area contributed by atoms with E-state index in [4.69, 9.17) is 0 Å². The summed E-state index contributed by atoms with van der Waals surface area (Å²) < 4.78 is 0. The summed E-state index contributed by atoms with van der Waals surface area (Å²) in [4.78, 5) is 43.4. The second-order valence-electron chi connectivity index (χ2n) is 3.42. The van der Waals surface area contributed by atoms with E-state index in [0.717, 1.165) is 0 Å². The standard InChI is InChI=1S/C6H12N4O9.Ca.Mg.H2P.H3Si.2H/c11-8(12)17-4-1-7(2-5-18-9(13)14)3-6-19-10(15)16;;;;;;/h1-6H2;;;1H2;1H3;;/q;;+1;-1;;;. The third-order valence-electron chi connectivity index (χ3n) is 1.81. The minimum absolute atomic E-state index is 0. The van der Waals surface area contributed by atoms with Crippen molar-refractivity contribution in [2.24, 2.45) is 0 Å². The molecule has 0 heterocycles. The smallest absolute Gasteiger partial charge is 0.271 e. The molecule has 0 amide bonds. The van der Waals surface area contributed by atoms with Crippen LogP contribution >= 0.6 is 7.03 Å². The maximum atomic E-state index is 9.92. The van der Waals surface area contributed by atoms with Gasteiger partial charge in [-0.3, -0.25) is 11.9 Å². The molecule has 0 spiro atoms. The van der Waals surface area contributed by atoms with Crippen molar-refractivity contribution in [3.63, 3.8) is 0 Å². The van der Waals surface area contributed by atoms with Crippen molar-refractivity contribution in [2.45, 2.75) is 0 Å². The van der Waals surface area contributed by atoms with Crippen LogP contribution in [0.15, 0.2) is 0 Å². The fourth-order valence-electron chi connectivity index (χ4n) is 1.07. The molecule has 0 aromatic heterocycles. The molecule has 0 rings (SSSR count). The zero-order chi connectivity index (χ0) is 17.4. The quantitative estimate of drug-likeness (QED) is 0.137. The van der Waals surface area contributed by atoms with Gasteiger partial charge < -0.3 is 14.5 Å². The van der Waals surface area contributed by atoms with Crippen molar-refractivity contribution in [2.75, 3.05) is 39.5 Å². The van der Waals surface area contributed by atoms with Crippen LogP contribution in [0.25, 0.3) is 0 Å². The second-order valence-corrected chi connectivity index (χ2v) is 14.0. The Morgan fingerprint density at radius 1 is 0.870 bits per heavy atom. The third kappa shape index (κ3) is 27.4. The molecular formula is C6H19CaMgN4O9PSi. The van der Waals surface area contributed by atoms with Gasteiger partial charge in [0, 0.05) is 19.6 Å². The van der Waals surface area contributed by atoms with Crippen molar-refractivity contribution in [3.8, 4) is 0 Å². The largest absolute Gasteiger partial charge is 0.381 e. The Morgan fingerprint density at radius 3 is 1.26 bits per heavy atom. The first kappa shape index (κ1) is 28.1. The molecule has 13 nitrogen and oxygen atoms in total. The Kier molecular flexibility index (Phi) is 24.7. The van der Waals surface area contributed by atoms with E-state index in [1.807, 2.05) is 0 Å². The normalized spacial score (nSPS) is 8.78. The molecule has 0 aromatic carbocycles. The van der Waals surface area contributed by atoms with Crippen molar-refractivity contribution >= 4 is 71.7 Å². The van der Waals surface area contributed by atoms with E-state index in [2.05, 4.69) is 21.5 Å². The third-order valence-corrected chi connectivity index (χ3v) is 1.81. The Morgan fingerprint density at radius 2 is 1.09 bits per heavy atom. The van der Waals surface area contributed by atoms with Crippen molar-refractivity contribution < 1.29 is 29.8 Å². The van der Waals surface area contributed by atoms with Crippen LogP contribution in [-0.4, -0.2) is 124 Å². The SMILES string of the molecule is O=[N+]([O-])OCCN(CCO[N+](=O)[O-])CCO[N+](=O)[O-].[CaH2].[SiH3][Mg][PH2]. The minimum atomic E-state index is -0.987. The van der Waals surface area contributed by atoms with Crippen LogP contribution in [0.3, 0.4) is 0 Å². The van der Waals surface area contributed by atoms with Crippen LogP contribution in [-0.2, 0) is 14.5 Å². The van der Waals surface area contributed by atoms with Crippen LogP contribution in [0.1, 0.15) is 0 Å². The van der Waals surface area contributed by atoms with E-state index in [1.165, 1.54) is 12.8 Å². The van der Waals surface area contributed by atoms with E-state index in [1.54, 1.807) is 0 Å². The molecule has 0 N–H and O–H groups in total. The van der Waals surface area contributed by atoms with E-state index in [0.29, 0.717) is 19.1 Å². The van der Waals surface area contributed by atoms with Gasteiger partial charge in [-0.2, -0.15) is 0 Å². The van der Waals surface area contributed by atoms with Gasteiger partial charge in [0.1, 0.15) is 19.8 Å². The predicted octanol–water partition coefficient (Wildman–Crippen LogP) is -3.24. The summed E-state index contributed by atoms with van der Waals surface area (Å²) in [6.45, 7) is -0.687. The molecular weight excluding hydrogens is 396 g/mol. The van der Waals surface area contributed by atoms with Gasteiger partial charge in [-0.15, -0.1) is 30.3 Å². The average Bonchev–Trinajstić information content (AvgIpc) is 2.37. The predicted molar refractivity (Wildman–Crippen MR) is 89.2 cm³/mol. The van der Waals surface area contributed by atoms with Gasteiger partial charge in [0.05, 0.1) is 0 Å². The molecule has 130 valence electrons. The van der Waals surface area contributed by atoms with Crippen LogP contribution in [0.2, 0.25) is 0 Å². The molecule has 0 aromatic rings. The Labute approximate surface area is 174 Å². The number of nitrogens with zero attached hydrogens (tertiary/aromatic N) is 4. The van der Waals surface area contributed by atoms with Gasteiger partial charge in [0.25, 0.3) is 15.3 Å². The van der Waals surface area contributed by atoms with Gasteiger partial charge in [-0.1, -0.05) is 7.89 Å². The van der Waals surface area contributed by atoms with Crippen LogP contribution in [0, 0.1) is 30.3 Å². The summed E-state index contributed by atoms with van der Waals surface area (Å²) in [7, 11) is 4.25. The van der Waals surface area contributed by atoms with Gasteiger partial charge in [0.15, 0.2) is 0 Å². The van der Waals surface area contributed by atoms with E-state index in [9.17, 15) is 30.3 Å². The summed E-state index contributed by atoms with van der Waals surface area (Å²) in [6, 6.07) is 0. The van der Waals surface area contributed by atoms with Crippen molar-refractivity contribution in [1.82, 2.24) is 4.90 Å². The van der Waals surface area contributed by atoms with Crippen molar-refractivity contribution in [1.29, 1.82) is 0 Å². The molecule has 1 atom stereocenters. The molecule has 0 saturated carbocycles. The fourth-order valence-corrected chi connectivity index (χ4v) is 1.07. The molecule has 0 aliphatic rings. The van der Waals surface area contributed by atoms with Crippen LogP contribution in [0.4, 0.5) is 0 Å². The van der Waals surface area contributed by atoms with E-state index >= 15 is 0 Å². The maximum Gasteiger partial charge on any atom is 0.381 e. The summed E-state index contributed by atoms with van der Waals surface area (Å²) in [5.74, 6) is 0. The second kappa shape index (κ2) is 20.3. The molecule has 23 heavy (non-hydrogen) atoms. The van der Waals surface area contributed by atoms with Crippen molar-refractivity contribution in [3.05, 3.63) is 30.3 Å². The molecule has 0 bridgehead atoms. The van der Waals surface area contributed by atoms with Gasteiger partial charge >= 0.3 is 56.8 Å². The number of rotatable bonds is 12. The zero-order valence-electron chi connectivity index (χ0n) is 12.0. The Bertz CT molecular complexity index is 300. The first-order chi connectivity index (χ1) is 10.3. The van der Waals surface area contributed by atoms with Gasteiger partial charge in [-0.25, -0.2) is 0 Å². The first-order valence-corrected chi connectivity index (χ1v) is 15.0.